The summed E-state index contributed by atoms with van der Waals surface area (Å²) in [6.07, 6.45) is 0.938. The van der Waals surface area contributed by atoms with Crippen LogP contribution >= 0.6 is 11.3 Å². The van der Waals surface area contributed by atoms with Crippen molar-refractivity contribution in [3.63, 3.8) is 0 Å². The zero-order chi connectivity index (χ0) is 19.8. The van der Waals surface area contributed by atoms with E-state index in [-0.39, 0.29) is 5.91 Å². The predicted octanol–water partition coefficient (Wildman–Crippen LogP) is 5.45. The Balaban J connectivity index is 1.46. The van der Waals surface area contributed by atoms with Gasteiger partial charge in [0.2, 0.25) is 0 Å². The summed E-state index contributed by atoms with van der Waals surface area (Å²) in [6, 6.07) is 25.1. The second-order valence-electron chi connectivity index (χ2n) is 7.19. The summed E-state index contributed by atoms with van der Waals surface area (Å²) in [5.41, 5.74) is 2.48. The Morgan fingerprint density at radius 1 is 0.964 bits per heavy atom. The molecule has 1 amide bonds. The van der Waals surface area contributed by atoms with Crippen LogP contribution in [0.15, 0.2) is 72.8 Å². The topological polar surface area (TPSA) is 32.3 Å². The Morgan fingerprint density at radius 2 is 1.64 bits per heavy atom. The number of carbonyl (C=O) groups excluding carboxylic acids is 1. The highest BCUT2D eigenvalue weighted by atomic mass is 32.1. The highest BCUT2D eigenvalue weighted by Crippen LogP contribution is 2.27. The van der Waals surface area contributed by atoms with E-state index in [1.165, 1.54) is 5.56 Å². The molecule has 0 bridgehead atoms. The lowest BCUT2D eigenvalue weighted by Crippen LogP contribution is -2.33. The lowest BCUT2D eigenvalue weighted by Gasteiger charge is -2.26. The number of rotatable bonds is 9. The van der Waals surface area contributed by atoms with E-state index in [1.807, 2.05) is 36.4 Å². The van der Waals surface area contributed by atoms with E-state index in [0.717, 1.165) is 34.8 Å². The van der Waals surface area contributed by atoms with Gasteiger partial charge in [-0.1, -0.05) is 60.7 Å². The smallest absolute Gasteiger partial charge is 0.261 e. The van der Waals surface area contributed by atoms with E-state index in [1.54, 1.807) is 11.3 Å². The van der Waals surface area contributed by atoms with Crippen molar-refractivity contribution in [2.75, 3.05) is 13.1 Å². The lowest BCUT2D eigenvalue weighted by molar-refractivity contribution is 0.0954. The molecule has 0 fully saturated rings. The van der Waals surface area contributed by atoms with E-state index < -0.39 is 0 Å². The number of nitrogens with one attached hydrogen (secondary N) is 1. The van der Waals surface area contributed by atoms with Crippen LogP contribution in [0.2, 0.25) is 0 Å². The maximum atomic E-state index is 12.4. The number of thiophene rings is 1. The molecule has 3 aromatic rings. The fourth-order valence-electron chi connectivity index (χ4n) is 3.13. The van der Waals surface area contributed by atoms with Crippen molar-refractivity contribution in [2.24, 2.45) is 0 Å². The van der Waals surface area contributed by atoms with Crippen molar-refractivity contribution >= 4 is 17.2 Å². The van der Waals surface area contributed by atoms with Crippen LogP contribution in [0.25, 0.3) is 10.4 Å². The molecule has 146 valence electrons. The van der Waals surface area contributed by atoms with Crippen LogP contribution in [0, 0.1) is 0 Å². The van der Waals surface area contributed by atoms with Gasteiger partial charge in [-0.05, 0) is 43.5 Å². The van der Waals surface area contributed by atoms with Crippen LogP contribution in [0.4, 0.5) is 0 Å². The van der Waals surface area contributed by atoms with Crippen molar-refractivity contribution in [1.29, 1.82) is 0 Å². The molecule has 0 aliphatic carbocycles. The summed E-state index contributed by atoms with van der Waals surface area (Å²) in [7, 11) is 0. The molecular formula is C24H28N2OS. The maximum Gasteiger partial charge on any atom is 0.261 e. The monoisotopic (exact) mass is 392 g/mol. The largest absolute Gasteiger partial charge is 0.351 e. The second-order valence-corrected chi connectivity index (χ2v) is 8.27. The van der Waals surface area contributed by atoms with Crippen LogP contribution in [-0.4, -0.2) is 29.9 Å². The third kappa shape index (κ3) is 5.78. The van der Waals surface area contributed by atoms with Crippen molar-refractivity contribution < 1.29 is 4.79 Å². The van der Waals surface area contributed by atoms with Gasteiger partial charge in [0, 0.05) is 30.6 Å². The van der Waals surface area contributed by atoms with Crippen molar-refractivity contribution in [1.82, 2.24) is 10.2 Å². The van der Waals surface area contributed by atoms with Gasteiger partial charge >= 0.3 is 0 Å². The summed E-state index contributed by atoms with van der Waals surface area (Å²) in [5.74, 6) is 0.0198. The Kier molecular flexibility index (Phi) is 7.40. The van der Waals surface area contributed by atoms with E-state index in [0.29, 0.717) is 12.6 Å². The van der Waals surface area contributed by atoms with Crippen molar-refractivity contribution in [3.8, 4) is 10.4 Å². The van der Waals surface area contributed by atoms with Gasteiger partial charge in [0.15, 0.2) is 0 Å². The number of nitrogens with zero attached hydrogens (tertiary/aromatic N) is 1. The second kappa shape index (κ2) is 10.2. The number of benzene rings is 2. The van der Waals surface area contributed by atoms with Crippen LogP contribution in [0.5, 0.6) is 0 Å². The predicted molar refractivity (Wildman–Crippen MR) is 119 cm³/mol. The van der Waals surface area contributed by atoms with Crippen LogP contribution in [0.1, 0.15) is 35.5 Å². The third-order valence-corrected chi connectivity index (χ3v) is 5.89. The van der Waals surface area contributed by atoms with Gasteiger partial charge in [0.25, 0.3) is 5.91 Å². The molecule has 1 heterocycles. The lowest BCUT2D eigenvalue weighted by atomic mass is 10.2. The fourth-order valence-corrected chi connectivity index (χ4v) is 4.05. The molecule has 1 N–H and O–H groups in total. The Hall–Kier alpha value is -2.43. The third-order valence-electron chi connectivity index (χ3n) is 4.75. The number of hydrogen-bond donors (Lipinski definition) is 1. The molecule has 28 heavy (non-hydrogen) atoms. The van der Waals surface area contributed by atoms with Crippen molar-refractivity contribution in [2.45, 2.75) is 32.9 Å². The number of amides is 1. The molecule has 2 aromatic carbocycles. The fraction of sp³-hybridized carbons (Fsp3) is 0.292. The standard InChI is InChI=1S/C24H28N2OS/c1-19(2)26(18-20-10-5-3-6-11-20)17-9-16-25-24(27)23-15-14-22(28-23)21-12-7-4-8-13-21/h3-8,10-15,19H,9,16-18H2,1-2H3,(H,25,27). The van der Waals surface area contributed by atoms with Crippen LogP contribution < -0.4 is 5.32 Å². The minimum absolute atomic E-state index is 0.0198. The average Bonchev–Trinajstić information content (AvgIpc) is 3.22. The first-order valence-corrected chi connectivity index (χ1v) is 10.7. The highest BCUT2D eigenvalue weighted by molar-refractivity contribution is 7.17. The molecule has 0 saturated heterocycles. The molecule has 0 spiro atoms. The zero-order valence-electron chi connectivity index (χ0n) is 16.6. The van der Waals surface area contributed by atoms with Crippen molar-refractivity contribution in [3.05, 3.63) is 83.2 Å². The van der Waals surface area contributed by atoms with Crippen LogP contribution in [-0.2, 0) is 6.54 Å². The summed E-state index contributed by atoms with van der Waals surface area (Å²) in [6.45, 7) is 7.04. The Labute approximate surface area is 172 Å². The normalized spacial score (nSPS) is 11.1. The molecule has 0 atom stereocenters. The van der Waals surface area contributed by atoms with Gasteiger partial charge in [-0.3, -0.25) is 9.69 Å². The van der Waals surface area contributed by atoms with E-state index in [4.69, 9.17) is 0 Å². The molecule has 0 radical (unpaired) electrons. The first-order valence-electron chi connectivity index (χ1n) is 9.85. The summed E-state index contributed by atoms with van der Waals surface area (Å²) < 4.78 is 0. The Bertz CT molecular complexity index is 859. The average molecular weight is 393 g/mol. The minimum Gasteiger partial charge on any atom is -0.351 e. The van der Waals surface area contributed by atoms with E-state index in [9.17, 15) is 4.79 Å². The number of carbonyl (C=O) groups is 1. The van der Waals surface area contributed by atoms with Gasteiger partial charge < -0.3 is 5.32 Å². The van der Waals surface area contributed by atoms with Gasteiger partial charge in [-0.25, -0.2) is 0 Å². The van der Waals surface area contributed by atoms with Gasteiger partial charge in [0.05, 0.1) is 4.88 Å². The summed E-state index contributed by atoms with van der Waals surface area (Å²) in [5, 5.41) is 3.07. The van der Waals surface area contributed by atoms with Gasteiger partial charge in [-0.15, -0.1) is 11.3 Å². The Morgan fingerprint density at radius 3 is 2.32 bits per heavy atom. The quantitative estimate of drug-likeness (QED) is 0.491. The van der Waals surface area contributed by atoms with Gasteiger partial charge in [-0.2, -0.15) is 0 Å². The molecular weight excluding hydrogens is 364 g/mol. The first-order chi connectivity index (χ1) is 13.6. The molecule has 0 aliphatic rings. The summed E-state index contributed by atoms with van der Waals surface area (Å²) >= 11 is 1.54. The zero-order valence-corrected chi connectivity index (χ0v) is 17.4. The molecule has 1 aromatic heterocycles. The molecule has 3 rings (SSSR count). The molecule has 3 nitrogen and oxygen atoms in total. The highest BCUT2D eigenvalue weighted by Gasteiger charge is 2.12. The van der Waals surface area contributed by atoms with E-state index >= 15 is 0 Å². The SMILES string of the molecule is CC(C)N(CCCNC(=O)c1ccc(-c2ccccc2)s1)Cc1ccccc1. The molecule has 0 aliphatic heterocycles. The van der Waals surface area contributed by atoms with Crippen LogP contribution in [0.3, 0.4) is 0 Å². The molecule has 4 heteroatoms. The molecule has 0 unspecified atom stereocenters. The van der Waals surface area contributed by atoms with Gasteiger partial charge in [0.1, 0.15) is 0 Å². The number of hydrogen-bond acceptors (Lipinski definition) is 3. The first kappa shape index (κ1) is 20.3. The maximum absolute atomic E-state index is 12.4. The minimum atomic E-state index is 0.0198. The van der Waals surface area contributed by atoms with E-state index in [2.05, 4.69) is 60.5 Å². The summed E-state index contributed by atoms with van der Waals surface area (Å²) in [4.78, 5) is 16.8. The molecule has 0 saturated carbocycles.